The van der Waals surface area contributed by atoms with Crippen LogP contribution in [0.3, 0.4) is 0 Å². The zero-order valence-corrected chi connectivity index (χ0v) is 18.1. The van der Waals surface area contributed by atoms with Crippen LogP contribution in [-0.2, 0) is 11.3 Å². The number of carbonyl (C=O) groups is 1. The predicted molar refractivity (Wildman–Crippen MR) is 124 cm³/mol. The Morgan fingerprint density at radius 1 is 0.931 bits per heavy atom. The van der Waals surface area contributed by atoms with Crippen molar-refractivity contribution in [1.82, 2.24) is 5.32 Å². The van der Waals surface area contributed by atoms with Crippen molar-refractivity contribution in [2.24, 2.45) is 0 Å². The number of hydrogen-bond acceptors (Lipinski definition) is 2. The summed E-state index contributed by atoms with van der Waals surface area (Å²) in [5, 5.41) is 2.97. The standard InChI is InChI=1S/C26H37NO2/c1-3-4-5-6-7-8-9-10-11-12-13-14-15-16-17-21-26(28)27-23-24-19-18-20-25(22-24)29-2/h4-5,7-8,10-11,13-14,18-20,22H,3,6,9,12,15-17,21,23H2,1-2H3,(H,27,28)/b5-4-,8-7-,11-10-,14-13-. The number of carbonyl (C=O) groups excluding carboxylic acids is 1. The number of nitrogens with one attached hydrogen (secondary N) is 1. The summed E-state index contributed by atoms with van der Waals surface area (Å²) in [6, 6.07) is 7.77. The SMILES string of the molecule is CC/C=C\C/C=C\C/C=C\C/C=C\CCCCC(=O)NCc1cccc(OC)c1. The second-order valence-corrected chi connectivity index (χ2v) is 6.88. The molecule has 0 spiro atoms. The minimum Gasteiger partial charge on any atom is -0.497 e. The van der Waals surface area contributed by atoms with E-state index in [0.29, 0.717) is 13.0 Å². The van der Waals surface area contributed by atoms with Gasteiger partial charge < -0.3 is 10.1 Å². The van der Waals surface area contributed by atoms with E-state index in [1.807, 2.05) is 24.3 Å². The molecule has 0 aliphatic heterocycles. The van der Waals surface area contributed by atoms with E-state index in [2.05, 4.69) is 60.8 Å². The van der Waals surface area contributed by atoms with E-state index in [1.165, 1.54) is 0 Å². The number of unbranched alkanes of at least 4 members (excludes halogenated alkanes) is 2. The smallest absolute Gasteiger partial charge is 0.220 e. The van der Waals surface area contributed by atoms with E-state index in [4.69, 9.17) is 4.74 Å². The van der Waals surface area contributed by atoms with E-state index < -0.39 is 0 Å². The van der Waals surface area contributed by atoms with Gasteiger partial charge in [-0.25, -0.2) is 0 Å². The normalized spacial score (nSPS) is 11.9. The molecule has 0 aliphatic rings. The van der Waals surface area contributed by atoms with Gasteiger partial charge in [0.1, 0.15) is 5.75 Å². The van der Waals surface area contributed by atoms with Gasteiger partial charge in [-0.2, -0.15) is 0 Å². The summed E-state index contributed by atoms with van der Waals surface area (Å²) < 4.78 is 5.19. The second kappa shape index (κ2) is 17.5. The van der Waals surface area contributed by atoms with Gasteiger partial charge in [0, 0.05) is 13.0 Å². The summed E-state index contributed by atoms with van der Waals surface area (Å²) in [5.74, 6) is 0.924. The Kier molecular flexibility index (Phi) is 14.8. The first-order valence-electron chi connectivity index (χ1n) is 10.8. The summed E-state index contributed by atoms with van der Waals surface area (Å²) in [5.41, 5.74) is 1.05. The fourth-order valence-corrected chi connectivity index (χ4v) is 2.72. The van der Waals surface area contributed by atoms with Crippen molar-refractivity contribution in [3.05, 3.63) is 78.4 Å². The highest BCUT2D eigenvalue weighted by molar-refractivity contribution is 5.75. The third-order valence-electron chi connectivity index (χ3n) is 4.37. The highest BCUT2D eigenvalue weighted by Gasteiger charge is 2.01. The van der Waals surface area contributed by atoms with Crippen molar-refractivity contribution in [2.75, 3.05) is 7.11 Å². The molecule has 0 bridgehead atoms. The summed E-state index contributed by atoms with van der Waals surface area (Å²) in [4.78, 5) is 11.9. The van der Waals surface area contributed by atoms with Gasteiger partial charge in [-0.1, -0.05) is 67.7 Å². The third-order valence-corrected chi connectivity index (χ3v) is 4.37. The molecule has 0 unspecified atom stereocenters. The molecule has 1 amide bonds. The first kappa shape index (κ1) is 24.5. The Morgan fingerprint density at radius 3 is 2.24 bits per heavy atom. The molecule has 0 radical (unpaired) electrons. The maximum Gasteiger partial charge on any atom is 0.220 e. The van der Waals surface area contributed by atoms with E-state index >= 15 is 0 Å². The molecule has 0 fully saturated rings. The van der Waals surface area contributed by atoms with Gasteiger partial charge in [0.25, 0.3) is 0 Å². The van der Waals surface area contributed by atoms with Gasteiger partial charge in [0.2, 0.25) is 5.91 Å². The van der Waals surface area contributed by atoms with Crippen LogP contribution >= 0.6 is 0 Å². The Balaban J connectivity index is 2.00. The van der Waals surface area contributed by atoms with Crippen molar-refractivity contribution in [1.29, 1.82) is 0 Å². The summed E-state index contributed by atoms with van der Waals surface area (Å²) >= 11 is 0. The summed E-state index contributed by atoms with van der Waals surface area (Å²) in [6.07, 6.45) is 25.3. The van der Waals surface area contributed by atoms with Crippen molar-refractivity contribution in [2.45, 2.75) is 64.8 Å². The Labute approximate surface area is 177 Å². The van der Waals surface area contributed by atoms with E-state index in [0.717, 1.165) is 56.3 Å². The highest BCUT2D eigenvalue weighted by atomic mass is 16.5. The average Bonchev–Trinajstić information content (AvgIpc) is 2.75. The monoisotopic (exact) mass is 395 g/mol. The van der Waals surface area contributed by atoms with Gasteiger partial charge in [0.15, 0.2) is 0 Å². The average molecular weight is 396 g/mol. The van der Waals surface area contributed by atoms with Gasteiger partial charge in [-0.3, -0.25) is 4.79 Å². The highest BCUT2D eigenvalue weighted by Crippen LogP contribution is 2.12. The lowest BCUT2D eigenvalue weighted by Crippen LogP contribution is -2.22. The van der Waals surface area contributed by atoms with Crippen LogP contribution in [0.4, 0.5) is 0 Å². The molecule has 29 heavy (non-hydrogen) atoms. The zero-order chi connectivity index (χ0) is 21.0. The zero-order valence-electron chi connectivity index (χ0n) is 18.1. The molecule has 0 aromatic heterocycles. The fraction of sp³-hybridized carbons (Fsp3) is 0.423. The van der Waals surface area contributed by atoms with Gasteiger partial charge in [-0.05, 0) is 62.6 Å². The van der Waals surface area contributed by atoms with Gasteiger partial charge >= 0.3 is 0 Å². The van der Waals surface area contributed by atoms with E-state index in [-0.39, 0.29) is 5.91 Å². The molecule has 3 heteroatoms. The topological polar surface area (TPSA) is 38.3 Å². The lowest BCUT2D eigenvalue weighted by molar-refractivity contribution is -0.121. The molecule has 158 valence electrons. The maximum atomic E-state index is 11.9. The number of amides is 1. The van der Waals surface area contributed by atoms with E-state index in [1.54, 1.807) is 7.11 Å². The fourth-order valence-electron chi connectivity index (χ4n) is 2.72. The summed E-state index contributed by atoms with van der Waals surface area (Å²) in [6.45, 7) is 2.70. The molecule has 0 heterocycles. The number of ether oxygens (including phenoxy) is 1. The number of methoxy groups -OCH3 is 1. The van der Waals surface area contributed by atoms with E-state index in [9.17, 15) is 4.79 Å². The number of rotatable bonds is 15. The lowest BCUT2D eigenvalue weighted by Gasteiger charge is -2.06. The van der Waals surface area contributed by atoms with Crippen LogP contribution < -0.4 is 10.1 Å². The molecule has 0 atom stereocenters. The molecule has 1 rings (SSSR count). The molecule has 0 aliphatic carbocycles. The molecular weight excluding hydrogens is 358 g/mol. The van der Waals surface area contributed by atoms with Crippen LogP contribution in [0, 0.1) is 0 Å². The quantitative estimate of drug-likeness (QED) is 0.266. The second-order valence-electron chi connectivity index (χ2n) is 6.88. The Morgan fingerprint density at radius 2 is 1.59 bits per heavy atom. The number of benzene rings is 1. The Bertz CT molecular complexity index is 671. The van der Waals surface area contributed by atoms with Crippen molar-refractivity contribution in [3.8, 4) is 5.75 Å². The number of allylic oxidation sites excluding steroid dienone is 8. The largest absolute Gasteiger partial charge is 0.497 e. The van der Waals surface area contributed by atoms with Crippen LogP contribution in [0.15, 0.2) is 72.9 Å². The van der Waals surface area contributed by atoms with Crippen LogP contribution in [-0.4, -0.2) is 13.0 Å². The third kappa shape index (κ3) is 14.1. The molecule has 0 saturated carbocycles. The Hall–Kier alpha value is -2.55. The molecular formula is C26H37NO2. The van der Waals surface area contributed by atoms with Crippen molar-refractivity contribution >= 4 is 5.91 Å². The van der Waals surface area contributed by atoms with Crippen molar-refractivity contribution < 1.29 is 9.53 Å². The first-order chi connectivity index (χ1) is 14.3. The molecule has 1 aromatic rings. The first-order valence-corrected chi connectivity index (χ1v) is 10.8. The van der Waals surface area contributed by atoms with Crippen molar-refractivity contribution in [3.63, 3.8) is 0 Å². The summed E-state index contributed by atoms with van der Waals surface area (Å²) in [7, 11) is 1.65. The van der Waals surface area contributed by atoms with Crippen LogP contribution in [0.5, 0.6) is 5.75 Å². The minimum atomic E-state index is 0.109. The lowest BCUT2D eigenvalue weighted by atomic mass is 10.1. The number of hydrogen-bond donors (Lipinski definition) is 1. The minimum absolute atomic E-state index is 0.109. The maximum absolute atomic E-state index is 11.9. The van der Waals surface area contributed by atoms with Crippen LogP contribution in [0.25, 0.3) is 0 Å². The molecule has 0 saturated heterocycles. The van der Waals surface area contributed by atoms with Gasteiger partial charge in [-0.15, -0.1) is 0 Å². The van der Waals surface area contributed by atoms with Crippen LogP contribution in [0.1, 0.15) is 63.9 Å². The molecule has 1 aromatic carbocycles. The van der Waals surface area contributed by atoms with Gasteiger partial charge in [0.05, 0.1) is 7.11 Å². The van der Waals surface area contributed by atoms with Crippen LogP contribution in [0.2, 0.25) is 0 Å². The predicted octanol–water partition coefficient (Wildman–Crippen LogP) is 6.68. The molecule has 3 nitrogen and oxygen atoms in total. The molecule has 1 N–H and O–H groups in total.